The maximum absolute atomic E-state index is 12.3. The van der Waals surface area contributed by atoms with E-state index >= 15 is 0 Å². The molecule has 5 heteroatoms. The van der Waals surface area contributed by atoms with Crippen molar-refractivity contribution in [2.24, 2.45) is 4.99 Å². The normalized spacial score (nSPS) is 14.0. The topological polar surface area (TPSA) is 41.5 Å². The van der Waals surface area contributed by atoms with E-state index in [0.717, 1.165) is 52.9 Å². The fraction of sp³-hybridized carbons (Fsp3) is 0.500. The second-order valence-electron chi connectivity index (χ2n) is 4.90. The Kier molecular flexibility index (Phi) is 7.16. The van der Waals surface area contributed by atoms with Crippen LogP contribution in [0.25, 0.3) is 0 Å². The van der Waals surface area contributed by atoms with Crippen molar-refractivity contribution in [1.82, 2.24) is 5.32 Å². The van der Waals surface area contributed by atoms with Gasteiger partial charge in [-0.05, 0) is 18.1 Å². The first kappa shape index (κ1) is 16.4. The van der Waals surface area contributed by atoms with E-state index in [9.17, 15) is 4.79 Å². The van der Waals surface area contributed by atoms with Gasteiger partial charge in [0.25, 0.3) is 5.91 Å². The Morgan fingerprint density at radius 1 is 1.38 bits per heavy atom. The molecule has 1 aliphatic heterocycles. The van der Waals surface area contributed by atoms with Gasteiger partial charge in [0.15, 0.2) is 0 Å². The highest BCUT2D eigenvalue weighted by Crippen LogP contribution is 2.26. The quantitative estimate of drug-likeness (QED) is 0.773. The average molecular weight is 322 g/mol. The predicted octanol–water partition coefficient (Wildman–Crippen LogP) is 3.94. The van der Waals surface area contributed by atoms with Crippen LogP contribution in [0.15, 0.2) is 29.3 Å². The fourth-order valence-electron chi connectivity index (χ4n) is 2.08. The molecule has 0 bridgehead atoms. The molecule has 1 aromatic rings. The molecule has 0 saturated heterocycles. The Morgan fingerprint density at radius 2 is 2.24 bits per heavy atom. The van der Waals surface area contributed by atoms with Crippen LogP contribution in [0.3, 0.4) is 0 Å². The largest absolute Gasteiger partial charge is 0.352 e. The number of hydrogen-bond donors (Lipinski definition) is 1. The first-order valence-electron chi connectivity index (χ1n) is 7.47. The lowest BCUT2D eigenvalue weighted by Gasteiger charge is -2.10. The standard InChI is InChI=1S/C16H22N2OS2/c1-2-3-6-9-17-15(19)14-8-5-4-7-13(14)12-21-16-18-10-11-20-16/h4-5,7-8H,2-3,6,9-12H2,1H3,(H,17,19). The van der Waals surface area contributed by atoms with Gasteiger partial charge in [-0.25, -0.2) is 0 Å². The van der Waals surface area contributed by atoms with Crippen LogP contribution < -0.4 is 5.32 Å². The molecule has 0 radical (unpaired) electrons. The lowest BCUT2D eigenvalue weighted by molar-refractivity contribution is 0.0952. The van der Waals surface area contributed by atoms with Gasteiger partial charge in [-0.15, -0.1) is 0 Å². The Labute approximate surface area is 135 Å². The van der Waals surface area contributed by atoms with Gasteiger partial charge in [0, 0.05) is 23.6 Å². The van der Waals surface area contributed by atoms with Crippen LogP contribution >= 0.6 is 23.5 Å². The van der Waals surface area contributed by atoms with Crippen molar-refractivity contribution < 1.29 is 4.79 Å². The van der Waals surface area contributed by atoms with Crippen molar-refractivity contribution in [3.8, 4) is 0 Å². The smallest absolute Gasteiger partial charge is 0.251 e. The second kappa shape index (κ2) is 9.15. The molecular weight excluding hydrogens is 300 g/mol. The maximum atomic E-state index is 12.3. The predicted molar refractivity (Wildman–Crippen MR) is 94.4 cm³/mol. The molecule has 114 valence electrons. The molecule has 0 unspecified atom stereocenters. The zero-order valence-electron chi connectivity index (χ0n) is 12.4. The summed E-state index contributed by atoms with van der Waals surface area (Å²) >= 11 is 3.54. The molecule has 0 spiro atoms. The van der Waals surface area contributed by atoms with Crippen LogP contribution in [-0.2, 0) is 5.75 Å². The van der Waals surface area contributed by atoms with Gasteiger partial charge in [0.1, 0.15) is 4.38 Å². The van der Waals surface area contributed by atoms with Gasteiger partial charge < -0.3 is 5.32 Å². The van der Waals surface area contributed by atoms with Gasteiger partial charge >= 0.3 is 0 Å². The van der Waals surface area contributed by atoms with E-state index in [2.05, 4.69) is 17.2 Å². The Balaban J connectivity index is 1.90. The summed E-state index contributed by atoms with van der Waals surface area (Å²) in [6.07, 6.45) is 3.38. The second-order valence-corrected chi connectivity index (χ2v) is 7.21. The van der Waals surface area contributed by atoms with E-state index in [-0.39, 0.29) is 5.91 Å². The van der Waals surface area contributed by atoms with Crippen molar-refractivity contribution >= 4 is 33.8 Å². The maximum Gasteiger partial charge on any atom is 0.251 e. The molecule has 1 N–H and O–H groups in total. The fourth-order valence-corrected chi connectivity index (χ4v) is 4.10. The number of aliphatic imine (C=N–C) groups is 1. The molecule has 1 heterocycles. The molecule has 0 aromatic heterocycles. The molecule has 0 saturated carbocycles. The lowest BCUT2D eigenvalue weighted by atomic mass is 10.1. The molecule has 0 fully saturated rings. The number of hydrogen-bond acceptors (Lipinski definition) is 4. The van der Waals surface area contributed by atoms with E-state index in [1.807, 2.05) is 36.0 Å². The van der Waals surface area contributed by atoms with E-state index in [4.69, 9.17) is 0 Å². The molecule has 1 aliphatic rings. The molecule has 0 atom stereocenters. The number of carbonyl (C=O) groups is 1. The van der Waals surface area contributed by atoms with Gasteiger partial charge in [-0.3, -0.25) is 9.79 Å². The molecular formula is C16H22N2OS2. The van der Waals surface area contributed by atoms with Gasteiger partial charge in [-0.2, -0.15) is 0 Å². The SMILES string of the molecule is CCCCCNC(=O)c1ccccc1CSC1=NCCS1. The van der Waals surface area contributed by atoms with Crippen molar-refractivity contribution in [1.29, 1.82) is 0 Å². The molecule has 21 heavy (non-hydrogen) atoms. The van der Waals surface area contributed by atoms with Crippen LogP contribution in [-0.4, -0.2) is 29.1 Å². The van der Waals surface area contributed by atoms with Crippen molar-refractivity contribution in [2.75, 3.05) is 18.8 Å². The van der Waals surface area contributed by atoms with Crippen LogP contribution in [0.1, 0.15) is 42.1 Å². The number of rotatable bonds is 7. The first-order chi connectivity index (χ1) is 10.3. The van der Waals surface area contributed by atoms with Crippen molar-refractivity contribution in [3.05, 3.63) is 35.4 Å². The average Bonchev–Trinajstić information content (AvgIpc) is 3.03. The summed E-state index contributed by atoms with van der Waals surface area (Å²) in [5.74, 6) is 1.94. The number of carbonyl (C=O) groups excluding carboxylic acids is 1. The number of nitrogens with one attached hydrogen (secondary N) is 1. The molecule has 2 rings (SSSR count). The van der Waals surface area contributed by atoms with E-state index in [1.165, 1.54) is 6.42 Å². The van der Waals surface area contributed by atoms with Crippen LogP contribution in [0.5, 0.6) is 0 Å². The van der Waals surface area contributed by atoms with Gasteiger partial charge in [0.2, 0.25) is 0 Å². The van der Waals surface area contributed by atoms with Crippen molar-refractivity contribution in [3.63, 3.8) is 0 Å². The molecule has 3 nitrogen and oxygen atoms in total. The minimum absolute atomic E-state index is 0.0447. The third-order valence-corrected chi connectivity index (χ3v) is 5.54. The van der Waals surface area contributed by atoms with Gasteiger partial charge in [-0.1, -0.05) is 61.5 Å². The first-order valence-corrected chi connectivity index (χ1v) is 9.44. The highest BCUT2D eigenvalue weighted by molar-refractivity contribution is 8.38. The van der Waals surface area contributed by atoms with Crippen molar-refractivity contribution in [2.45, 2.75) is 31.9 Å². The summed E-state index contributed by atoms with van der Waals surface area (Å²) in [4.78, 5) is 16.7. The van der Waals surface area contributed by atoms with E-state index in [1.54, 1.807) is 11.8 Å². The Hall–Kier alpha value is -0.940. The summed E-state index contributed by atoms with van der Waals surface area (Å²) < 4.78 is 1.15. The van der Waals surface area contributed by atoms with E-state index < -0.39 is 0 Å². The third-order valence-electron chi connectivity index (χ3n) is 3.24. The molecule has 1 amide bonds. The Bertz CT molecular complexity index is 503. The number of unbranched alkanes of at least 4 members (excludes halogenated alkanes) is 2. The monoisotopic (exact) mass is 322 g/mol. The summed E-state index contributed by atoms with van der Waals surface area (Å²) in [6, 6.07) is 7.87. The zero-order valence-corrected chi connectivity index (χ0v) is 14.1. The number of benzene rings is 1. The number of amides is 1. The summed E-state index contributed by atoms with van der Waals surface area (Å²) in [6.45, 7) is 3.85. The van der Waals surface area contributed by atoms with Crippen LogP contribution in [0.4, 0.5) is 0 Å². The summed E-state index contributed by atoms with van der Waals surface area (Å²) in [7, 11) is 0. The number of thioether (sulfide) groups is 2. The highest BCUT2D eigenvalue weighted by atomic mass is 32.2. The lowest BCUT2D eigenvalue weighted by Crippen LogP contribution is -2.25. The molecule has 0 aliphatic carbocycles. The zero-order chi connectivity index (χ0) is 14.9. The minimum Gasteiger partial charge on any atom is -0.352 e. The summed E-state index contributed by atoms with van der Waals surface area (Å²) in [5.41, 5.74) is 1.88. The summed E-state index contributed by atoms with van der Waals surface area (Å²) in [5, 5.41) is 3.02. The molecule has 1 aromatic carbocycles. The number of nitrogens with zero attached hydrogens (tertiary/aromatic N) is 1. The highest BCUT2D eigenvalue weighted by Gasteiger charge is 2.13. The van der Waals surface area contributed by atoms with E-state index in [0.29, 0.717) is 0 Å². The third kappa shape index (κ3) is 5.40. The Morgan fingerprint density at radius 3 is 3.00 bits per heavy atom. The minimum atomic E-state index is 0.0447. The van der Waals surface area contributed by atoms with Crippen LogP contribution in [0.2, 0.25) is 0 Å². The van der Waals surface area contributed by atoms with Crippen LogP contribution in [0, 0.1) is 0 Å². The van der Waals surface area contributed by atoms with Gasteiger partial charge in [0.05, 0.1) is 6.54 Å².